The van der Waals surface area contributed by atoms with Crippen molar-refractivity contribution in [3.63, 3.8) is 0 Å². The van der Waals surface area contributed by atoms with Crippen molar-refractivity contribution in [3.05, 3.63) is 18.2 Å². The van der Waals surface area contributed by atoms with Crippen LogP contribution in [0.4, 0.5) is 0 Å². The van der Waals surface area contributed by atoms with Gasteiger partial charge >= 0.3 is 0 Å². The topological polar surface area (TPSA) is 93.2 Å². The maximum absolute atomic E-state index is 12.3. The lowest BCUT2D eigenvalue weighted by Crippen LogP contribution is -2.53. The molecule has 0 bridgehead atoms. The largest absolute Gasteiger partial charge is 0.394 e. The van der Waals surface area contributed by atoms with E-state index in [4.69, 9.17) is 5.73 Å². The predicted molar refractivity (Wildman–Crippen MR) is 76.2 cm³/mol. The van der Waals surface area contributed by atoms with Gasteiger partial charge in [-0.1, -0.05) is 19.8 Å². The molecule has 1 aliphatic rings. The van der Waals surface area contributed by atoms with Gasteiger partial charge in [0.1, 0.15) is 5.69 Å². The summed E-state index contributed by atoms with van der Waals surface area (Å²) in [6.07, 6.45) is 7.13. The Morgan fingerprint density at radius 2 is 2.50 bits per heavy atom. The van der Waals surface area contributed by atoms with E-state index in [2.05, 4.69) is 17.2 Å². The molecule has 0 spiro atoms. The van der Waals surface area contributed by atoms with Crippen LogP contribution in [0.1, 0.15) is 43.1 Å². The molecule has 0 aromatic carbocycles. The van der Waals surface area contributed by atoms with Gasteiger partial charge in [-0.25, -0.2) is 4.98 Å². The summed E-state index contributed by atoms with van der Waals surface area (Å²) in [7, 11) is 0. The minimum atomic E-state index is -0.494. The Kier molecular flexibility index (Phi) is 4.77. The molecule has 4 N–H and O–H groups in total. The molecule has 1 aromatic heterocycles. The van der Waals surface area contributed by atoms with Gasteiger partial charge in [-0.15, -0.1) is 0 Å². The highest BCUT2D eigenvalue weighted by atomic mass is 16.3. The van der Waals surface area contributed by atoms with Crippen LogP contribution in [0.2, 0.25) is 0 Å². The second kappa shape index (κ2) is 6.37. The maximum atomic E-state index is 12.3. The number of nitrogens with one attached hydrogen (secondary N) is 1. The molecule has 20 heavy (non-hydrogen) atoms. The molecule has 1 amide bonds. The van der Waals surface area contributed by atoms with Gasteiger partial charge in [0.05, 0.1) is 18.5 Å². The zero-order chi connectivity index (χ0) is 14.6. The first-order valence-corrected chi connectivity index (χ1v) is 7.24. The van der Waals surface area contributed by atoms with Gasteiger partial charge in [-0.3, -0.25) is 4.79 Å². The molecular formula is C14H24N4O2. The fourth-order valence-corrected chi connectivity index (χ4v) is 3.01. The van der Waals surface area contributed by atoms with Gasteiger partial charge in [0, 0.05) is 19.3 Å². The van der Waals surface area contributed by atoms with Crippen molar-refractivity contribution in [2.75, 3.05) is 13.2 Å². The smallest absolute Gasteiger partial charge is 0.271 e. The van der Waals surface area contributed by atoms with Crippen molar-refractivity contribution >= 4 is 5.91 Å². The number of hydrogen-bond acceptors (Lipinski definition) is 4. The average molecular weight is 280 g/mol. The number of rotatable bonds is 5. The zero-order valence-electron chi connectivity index (χ0n) is 12.0. The number of carbonyl (C=O) groups excluding carboxylic acids is 1. The highest BCUT2D eigenvalue weighted by molar-refractivity contribution is 5.92. The Morgan fingerprint density at radius 3 is 3.15 bits per heavy atom. The molecule has 0 radical (unpaired) electrons. The Balaban J connectivity index is 2.04. The van der Waals surface area contributed by atoms with E-state index in [1.54, 1.807) is 17.1 Å². The molecule has 2 unspecified atom stereocenters. The fourth-order valence-electron chi connectivity index (χ4n) is 3.01. The van der Waals surface area contributed by atoms with Crippen LogP contribution in [-0.2, 0) is 6.54 Å². The molecule has 2 atom stereocenters. The van der Waals surface area contributed by atoms with Gasteiger partial charge in [-0.05, 0) is 18.8 Å². The second-order valence-corrected chi connectivity index (χ2v) is 5.88. The van der Waals surface area contributed by atoms with Gasteiger partial charge in [0.25, 0.3) is 5.91 Å². The molecule has 1 heterocycles. The lowest BCUT2D eigenvalue weighted by atomic mass is 9.77. The van der Waals surface area contributed by atoms with Crippen LogP contribution >= 0.6 is 0 Å². The Morgan fingerprint density at radius 1 is 1.70 bits per heavy atom. The lowest BCUT2D eigenvalue weighted by Gasteiger charge is -2.39. The van der Waals surface area contributed by atoms with Crippen LogP contribution < -0.4 is 11.1 Å². The van der Waals surface area contributed by atoms with E-state index < -0.39 is 5.54 Å². The molecule has 0 saturated heterocycles. The number of aromatic nitrogens is 2. The van der Waals surface area contributed by atoms with Crippen molar-refractivity contribution in [1.82, 2.24) is 14.9 Å². The van der Waals surface area contributed by atoms with E-state index in [-0.39, 0.29) is 12.5 Å². The summed E-state index contributed by atoms with van der Waals surface area (Å²) < 4.78 is 1.80. The molecule has 112 valence electrons. The van der Waals surface area contributed by atoms with Crippen LogP contribution in [-0.4, -0.2) is 39.3 Å². The first-order valence-electron chi connectivity index (χ1n) is 7.24. The quantitative estimate of drug-likeness (QED) is 0.732. The SMILES string of the molecule is CC1CCCC(CO)(NC(=O)c2cn(CCN)cn2)C1. The first kappa shape index (κ1) is 15.0. The molecule has 1 fully saturated rings. The fraction of sp³-hybridized carbons (Fsp3) is 0.714. The third kappa shape index (κ3) is 3.37. The van der Waals surface area contributed by atoms with Crippen LogP contribution in [0.5, 0.6) is 0 Å². The Bertz CT molecular complexity index is 460. The average Bonchev–Trinajstić information content (AvgIpc) is 2.88. The number of carbonyl (C=O) groups is 1. The van der Waals surface area contributed by atoms with E-state index in [0.717, 1.165) is 25.7 Å². The summed E-state index contributed by atoms with van der Waals surface area (Å²) in [4.78, 5) is 16.4. The second-order valence-electron chi connectivity index (χ2n) is 5.88. The Labute approximate surface area is 119 Å². The van der Waals surface area contributed by atoms with E-state index in [1.807, 2.05) is 0 Å². The Hall–Kier alpha value is -1.40. The third-order valence-corrected chi connectivity index (χ3v) is 4.03. The maximum Gasteiger partial charge on any atom is 0.271 e. The van der Waals surface area contributed by atoms with Crippen LogP contribution in [0.3, 0.4) is 0 Å². The highest BCUT2D eigenvalue weighted by Gasteiger charge is 2.36. The summed E-state index contributed by atoms with van der Waals surface area (Å²) >= 11 is 0. The van der Waals surface area contributed by atoms with E-state index in [9.17, 15) is 9.90 Å². The van der Waals surface area contributed by atoms with Crippen LogP contribution in [0.25, 0.3) is 0 Å². The normalized spacial score (nSPS) is 26.4. The van der Waals surface area contributed by atoms with Gasteiger partial charge < -0.3 is 20.7 Å². The summed E-state index contributed by atoms with van der Waals surface area (Å²) in [6, 6.07) is 0. The predicted octanol–water partition coefficient (Wildman–Crippen LogP) is 0.513. The molecule has 1 saturated carbocycles. The molecule has 6 nitrogen and oxygen atoms in total. The minimum absolute atomic E-state index is 0.0212. The number of aliphatic hydroxyl groups is 1. The van der Waals surface area contributed by atoms with Crippen LogP contribution in [0, 0.1) is 5.92 Å². The summed E-state index contributed by atoms with van der Waals surface area (Å²) in [6.45, 7) is 3.29. The van der Waals surface area contributed by atoms with Crippen molar-refractivity contribution in [1.29, 1.82) is 0 Å². The molecule has 0 aliphatic heterocycles. The minimum Gasteiger partial charge on any atom is -0.394 e. The van der Waals surface area contributed by atoms with E-state index in [0.29, 0.717) is 24.7 Å². The molecule has 2 rings (SSSR count). The van der Waals surface area contributed by atoms with Gasteiger partial charge in [0.15, 0.2) is 0 Å². The number of imidazole rings is 1. The number of aliphatic hydroxyl groups excluding tert-OH is 1. The molecule has 1 aliphatic carbocycles. The van der Waals surface area contributed by atoms with Crippen molar-refractivity contribution in [3.8, 4) is 0 Å². The number of amides is 1. The lowest BCUT2D eigenvalue weighted by molar-refractivity contribution is 0.0693. The highest BCUT2D eigenvalue weighted by Crippen LogP contribution is 2.32. The third-order valence-electron chi connectivity index (χ3n) is 4.03. The van der Waals surface area contributed by atoms with Crippen molar-refractivity contribution < 1.29 is 9.90 Å². The van der Waals surface area contributed by atoms with E-state index >= 15 is 0 Å². The summed E-state index contributed by atoms with van der Waals surface area (Å²) in [5, 5.41) is 12.7. The molecule has 1 aromatic rings. The van der Waals surface area contributed by atoms with Gasteiger partial charge in [0.2, 0.25) is 0 Å². The summed E-state index contributed by atoms with van der Waals surface area (Å²) in [5.74, 6) is 0.301. The van der Waals surface area contributed by atoms with E-state index in [1.165, 1.54) is 0 Å². The number of hydrogen-bond donors (Lipinski definition) is 3. The van der Waals surface area contributed by atoms with Crippen molar-refractivity contribution in [2.45, 2.75) is 44.7 Å². The monoisotopic (exact) mass is 280 g/mol. The molecular weight excluding hydrogens is 256 g/mol. The van der Waals surface area contributed by atoms with Crippen LogP contribution in [0.15, 0.2) is 12.5 Å². The number of nitrogens with two attached hydrogens (primary N) is 1. The zero-order valence-corrected chi connectivity index (χ0v) is 12.0. The van der Waals surface area contributed by atoms with Gasteiger partial charge in [-0.2, -0.15) is 0 Å². The first-order chi connectivity index (χ1) is 9.58. The number of nitrogens with zero attached hydrogens (tertiary/aromatic N) is 2. The standard InChI is InChI=1S/C14H24N4O2/c1-11-3-2-4-14(7-11,9-19)17-13(20)12-8-18(6-5-15)10-16-12/h8,10-11,19H,2-7,9,15H2,1H3,(H,17,20). The summed E-state index contributed by atoms with van der Waals surface area (Å²) in [5.41, 5.74) is 5.36. The molecule has 6 heteroatoms. The van der Waals surface area contributed by atoms with Crippen molar-refractivity contribution in [2.24, 2.45) is 11.7 Å².